The van der Waals surface area contributed by atoms with Crippen molar-refractivity contribution in [2.24, 2.45) is 0 Å². The summed E-state index contributed by atoms with van der Waals surface area (Å²) in [4.78, 5) is 0. The Labute approximate surface area is 98.8 Å². The Morgan fingerprint density at radius 2 is 1.69 bits per heavy atom. The minimum Gasteiger partial charge on any atom is -0.490 e. The molecule has 1 heteroatoms. The molecule has 0 atom stereocenters. The van der Waals surface area contributed by atoms with Crippen LogP contribution in [0.15, 0.2) is 12.1 Å². The van der Waals surface area contributed by atoms with E-state index in [1.165, 1.54) is 42.4 Å². The Kier molecular flexibility index (Phi) is 3.52. The first-order valence-electron chi connectivity index (χ1n) is 6.47. The van der Waals surface area contributed by atoms with Gasteiger partial charge in [-0.05, 0) is 62.6 Å². The lowest BCUT2D eigenvalue weighted by molar-refractivity contribution is 0.207. The third-order valence-corrected chi connectivity index (χ3v) is 3.52. The van der Waals surface area contributed by atoms with Gasteiger partial charge in [0.25, 0.3) is 0 Å². The van der Waals surface area contributed by atoms with Crippen molar-refractivity contribution >= 4 is 0 Å². The number of aryl methyl sites for hydroxylation is 3. The molecule has 0 bridgehead atoms. The monoisotopic (exact) mass is 218 g/mol. The van der Waals surface area contributed by atoms with Crippen LogP contribution in [0.1, 0.15) is 49.3 Å². The Bertz CT molecular complexity index is 339. The molecule has 0 aliphatic heterocycles. The summed E-state index contributed by atoms with van der Waals surface area (Å²) in [5.74, 6) is 1.13. The zero-order chi connectivity index (χ0) is 11.5. The Morgan fingerprint density at radius 3 is 2.19 bits per heavy atom. The second-order valence-corrected chi connectivity index (χ2v) is 4.94. The molecular weight excluding hydrogens is 196 g/mol. The van der Waals surface area contributed by atoms with Crippen molar-refractivity contribution in [2.45, 2.75) is 59.0 Å². The normalized spacial score (nSPS) is 16.7. The van der Waals surface area contributed by atoms with Crippen molar-refractivity contribution in [3.8, 4) is 5.75 Å². The lowest BCUT2D eigenvalue weighted by atomic mass is 10.0. The molecule has 1 saturated carbocycles. The summed E-state index contributed by atoms with van der Waals surface area (Å²) in [6, 6.07) is 4.52. The summed E-state index contributed by atoms with van der Waals surface area (Å²) in [5, 5.41) is 0. The van der Waals surface area contributed by atoms with Crippen molar-refractivity contribution < 1.29 is 4.74 Å². The number of ether oxygens (including phenoxy) is 1. The van der Waals surface area contributed by atoms with E-state index in [1.54, 1.807) is 0 Å². The number of benzene rings is 1. The van der Waals surface area contributed by atoms with E-state index in [0.717, 1.165) is 12.2 Å². The van der Waals surface area contributed by atoms with Crippen molar-refractivity contribution in [1.82, 2.24) is 0 Å². The first-order chi connectivity index (χ1) is 7.70. The summed E-state index contributed by atoms with van der Waals surface area (Å²) in [5.41, 5.74) is 4.00. The molecule has 0 spiro atoms. The maximum Gasteiger partial charge on any atom is 0.125 e. The van der Waals surface area contributed by atoms with Crippen molar-refractivity contribution in [2.75, 3.05) is 0 Å². The third-order valence-electron chi connectivity index (χ3n) is 3.52. The van der Waals surface area contributed by atoms with Crippen LogP contribution < -0.4 is 4.74 Å². The maximum atomic E-state index is 6.14. The van der Waals surface area contributed by atoms with Crippen molar-refractivity contribution in [3.63, 3.8) is 0 Å². The zero-order valence-corrected chi connectivity index (χ0v) is 10.7. The van der Waals surface area contributed by atoms with E-state index in [1.807, 2.05) is 0 Å². The van der Waals surface area contributed by atoms with Gasteiger partial charge in [-0.1, -0.05) is 19.1 Å². The van der Waals surface area contributed by atoms with E-state index >= 15 is 0 Å². The van der Waals surface area contributed by atoms with Crippen LogP contribution in [0, 0.1) is 13.8 Å². The summed E-state index contributed by atoms with van der Waals surface area (Å²) in [6.07, 6.45) is 6.68. The van der Waals surface area contributed by atoms with E-state index in [9.17, 15) is 0 Å². The molecule has 0 heterocycles. The molecule has 1 fully saturated rings. The maximum absolute atomic E-state index is 6.14. The second kappa shape index (κ2) is 4.90. The number of hydrogen-bond acceptors (Lipinski definition) is 1. The Hall–Kier alpha value is -0.980. The van der Waals surface area contributed by atoms with Crippen LogP contribution in [0.4, 0.5) is 0 Å². The Balaban J connectivity index is 2.19. The molecular formula is C15H22O. The van der Waals surface area contributed by atoms with Crippen molar-refractivity contribution in [1.29, 1.82) is 0 Å². The predicted octanol–water partition coefficient (Wildman–Crippen LogP) is 4.19. The number of hydrogen-bond donors (Lipinski definition) is 0. The molecule has 88 valence electrons. The van der Waals surface area contributed by atoms with Crippen molar-refractivity contribution in [3.05, 3.63) is 28.8 Å². The van der Waals surface area contributed by atoms with E-state index in [-0.39, 0.29) is 0 Å². The van der Waals surface area contributed by atoms with Crippen LogP contribution in [0.3, 0.4) is 0 Å². The third kappa shape index (κ3) is 2.40. The van der Waals surface area contributed by atoms with Gasteiger partial charge in [0.15, 0.2) is 0 Å². The molecule has 2 rings (SSSR count). The van der Waals surface area contributed by atoms with Gasteiger partial charge in [0, 0.05) is 0 Å². The van der Waals surface area contributed by atoms with E-state index in [4.69, 9.17) is 4.74 Å². The molecule has 1 nitrogen and oxygen atoms in total. The standard InChI is InChI=1S/C15H22O/c1-4-13-9-11(2)15(12(3)10-13)16-14-7-5-6-8-14/h9-10,14H,4-8H2,1-3H3. The van der Waals surface area contributed by atoms with Gasteiger partial charge < -0.3 is 4.74 Å². The smallest absolute Gasteiger partial charge is 0.125 e. The number of rotatable bonds is 3. The molecule has 1 aromatic carbocycles. The van der Waals surface area contributed by atoms with E-state index < -0.39 is 0 Å². The highest BCUT2D eigenvalue weighted by atomic mass is 16.5. The second-order valence-electron chi connectivity index (χ2n) is 4.94. The molecule has 0 unspecified atom stereocenters. The summed E-state index contributed by atoms with van der Waals surface area (Å²) < 4.78 is 6.14. The van der Waals surface area contributed by atoms with Gasteiger partial charge in [-0.2, -0.15) is 0 Å². The summed E-state index contributed by atoms with van der Waals surface area (Å²) in [6.45, 7) is 6.53. The first-order valence-corrected chi connectivity index (χ1v) is 6.47. The minimum absolute atomic E-state index is 0.463. The summed E-state index contributed by atoms with van der Waals surface area (Å²) in [7, 11) is 0. The van der Waals surface area contributed by atoms with Gasteiger partial charge in [0.1, 0.15) is 5.75 Å². The van der Waals surface area contributed by atoms with Crippen LogP contribution in [0.5, 0.6) is 5.75 Å². The minimum atomic E-state index is 0.463. The fourth-order valence-corrected chi connectivity index (χ4v) is 2.60. The summed E-state index contributed by atoms with van der Waals surface area (Å²) >= 11 is 0. The first kappa shape index (κ1) is 11.5. The fraction of sp³-hybridized carbons (Fsp3) is 0.600. The highest BCUT2D eigenvalue weighted by Crippen LogP contribution is 2.30. The van der Waals surface area contributed by atoms with Crippen LogP contribution in [0.2, 0.25) is 0 Å². The van der Waals surface area contributed by atoms with Gasteiger partial charge in [-0.15, -0.1) is 0 Å². The quantitative estimate of drug-likeness (QED) is 0.739. The Morgan fingerprint density at radius 1 is 1.12 bits per heavy atom. The van der Waals surface area contributed by atoms with E-state index in [2.05, 4.69) is 32.9 Å². The molecule has 0 N–H and O–H groups in total. The molecule has 1 aliphatic carbocycles. The van der Waals surface area contributed by atoms with Gasteiger partial charge in [0.05, 0.1) is 6.10 Å². The van der Waals surface area contributed by atoms with Gasteiger partial charge in [0.2, 0.25) is 0 Å². The van der Waals surface area contributed by atoms with E-state index in [0.29, 0.717) is 6.10 Å². The molecule has 0 aromatic heterocycles. The van der Waals surface area contributed by atoms with Crippen LogP contribution in [0.25, 0.3) is 0 Å². The molecule has 16 heavy (non-hydrogen) atoms. The SMILES string of the molecule is CCc1cc(C)c(OC2CCCC2)c(C)c1. The predicted molar refractivity (Wildman–Crippen MR) is 68.2 cm³/mol. The highest BCUT2D eigenvalue weighted by Gasteiger charge is 2.18. The van der Waals surface area contributed by atoms with Crippen LogP contribution >= 0.6 is 0 Å². The highest BCUT2D eigenvalue weighted by molar-refractivity contribution is 5.43. The lowest BCUT2D eigenvalue weighted by Gasteiger charge is -2.18. The largest absolute Gasteiger partial charge is 0.490 e. The molecule has 1 aromatic rings. The van der Waals surface area contributed by atoms with Gasteiger partial charge >= 0.3 is 0 Å². The zero-order valence-electron chi connectivity index (χ0n) is 10.7. The average Bonchev–Trinajstić information content (AvgIpc) is 2.75. The topological polar surface area (TPSA) is 9.23 Å². The average molecular weight is 218 g/mol. The molecule has 0 radical (unpaired) electrons. The lowest BCUT2D eigenvalue weighted by Crippen LogP contribution is -2.12. The fourth-order valence-electron chi connectivity index (χ4n) is 2.60. The molecule has 0 saturated heterocycles. The molecule has 1 aliphatic rings. The van der Waals surface area contributed by atoms with Crippen LogP contribution in [-0.2, 0) is 6.42 Å². The van der Waals surface area contributed by atoms with Gasteiger partial charge in [-0.3, -0.25) is 0 Å². The van der Waals surface area contributed by atoms with Gasteiger partial charge in [-0.25, -0.2) is 0 Å². The molecule has 0 amide bonds. The van der Waals surface area contributed by atoms with Crippen LogP contribution in [-0.4, -0.2) is 6.10 Å².